The van der Waals surface area contributed by atoms with E-state index in [0.717, 1.165) is 18.4 Å². The molecule has 0 aliphatic heterocycles. The van der Waals surface area contributed by atoms with Crippen LogP contribution in [0.15, 0.2) is 46.0 Å². The normalized spacial score (nSPS) is 15.6. The first-order valence-electron chi connectivity index (χ1n) is 7.87. The Balaban J connectivity index is 1.79. The Morgan fingerprint density at radius 1 is 1.09 bits per heavy atom. The predicted octanol–water partition coefficient (Wildman–Crippen LogP) is 2.33. The first-order chi connectivity index (χ1) is 10.7. The molecule has 1 heterocycles. The molecule has 0 spiro atoms. The Morgan fingerprint density at radius 2 is 1.82 bits per heavy atom. The molecule has 22 heavy (non-hydrogen) atoms. The minimum atomic E-state index is -0.366. The number of H-pyrrole nitrogens is 1. The topological polar surface area (TPSA) is 66.9 Å². The van der Waals surface area contributed by atoms with Crippen molar-refractivity contribution in [1.82, 2.24) is 9.55 Å². The molecule has 116 valence electrons. The van der Waals surface area contributed by atoms with Crippen LogP contribution in [0.3, 0.4) is 0 Å². The van der Waals surface area contributed by atoms with Gasteiger partial charge in [-0.2, -0.15) is 0 Å². The third-order valence-electron chi connectivity index (χ3n) is 4.17. The van der Waals surface area contributed by atoms with Crippen molar-refractivity contribution in [2.75, 3.05) is 5.32 Å². The molecule has 1 aromatic heterocycles. The summed E-state index contributed by atoms with van der Waals surface area (Å²) in [6.45, 7) is 0.290. The van der Waals surface area contributed by atoms with Gasteiger partial charge in [0.15, 0.2) is 0 Å². The molecule has 0 saturated heterocycles. The van der Waals surface area contributed by atoms with Gasteiger partial charge in [0.2, 0.25) is 0 Å². The number of aromatic nitrogens is 2. The second-order valence-electron chi connectivity index (χ2n) is 5.88. The van der Waals surface area contributed by atoms with Gasteiger partial charge in [-0.15, -0.1) is 0 Å². The highest BCUT2D eigenvalue weighted by Gasteiger charge is 2.14. The van der Waals surface area contributed by atoms with Crippen LogP contribution in [0.4, 0.5) is 5.82 Å². The monoisotopic (exact) mass is 299 g/mol. The molecular weight excluding hydrogens is 278 g/mol. The second kappa shape index (κ2) is 6.64. The van der Waals surface area contributed by atoms with Crippen molar-refractivity contribution < 1.29 is 0 Å². The van der Waals surface area contributed by atoms with Crippen molar-refractivity contribution in [2.24, 2.45) is 0 Å². The smallest absolute Gasteiger partial charge is 0.330 e. The molecule has 0 unspecified atom stereocenters. The van der Waals surface area contributed by atoms with Gasteiger partial charge in [0.25, 0.3) is 5.56 Å². The molecule has 1 aliphatic carbocycles. The zero-order valence-corrected chi connectivity index (χ0v) is 12.5. The van der Waals surface area contributed by atoms with Gasteiger partial charge in [0.1, 0.15) is 5.82 Å². The Morgan fingerprint density at radius 3 is 2.50 bits per heavy atom. The quantitative estimate of drug-likeness (QED) is 0.910. The minimum absolute atomic E-state index is 0.272. The predicted molar refractivity (Wildman–Crippen MR) is 87.4 cm³/mol. The van der Waals surface area contributed by atoms with Crippen LogP contribution in [0.5, 0.6) is 0 Å². The summed E-state index contributed by atoms with van der Waals surface area (Å²) in [5.74, 6) is 0.534. The molecule has 1 saturated carbocycles. The van der Waals surface area contributed by atoms with Gasteiger partial charge in [0, 0.05) is 12.1 Å². The largest absolute Gasteiger partial charge is 0.369 e. The highest BCUT2D eigenvalue weighted by Crippen LogP contribution is 2.19. The SMILES string of the molecule is O=c1cc(NC2CCCCC2)[nH]c(=O)n1Cc1ccccc1. The van der Waals surface area contributed by atoms with Crippen molar-refractivity contribution in [1.29, 1.82) is 0 Å². The van der Waals surface area contributed by atoms with E-state index >= 15 is 0 Å². The first-order valence-corrected chi connectivity index (χ1v) is 7.87. The maximum atomic E-state index is 12.2. The van der Waals surface area contributed by atoms with Gasteiger partial charge in [-0.1, -0.05) is 49.6 Å². The number of anilines is 1. The molecule has 1 fully saturated rings. The van der Waals surface area contributed by atoms with Crippen LogP contribution in [0.2, 0.25) is 0 Å². The molecule has 0 amide bonds. The van der Waals surface area contributed by atoms with Crippen molar-refractivity contribution in [2.45, 2.75) is 44.7 Å². The van der Waals surface area contributed by atoms with E-state index in [9.17, 15) is 9.59 Å². The zero-order valence-electron chi connectivity index (χ0n) is 12.5. The summed E-state index contributed by atoms with van der Waals surface area (Å²) >= 11 is 0. The van der Waals surface area contributed by atoms with Crippen molar-refractivity contribution in [3.8, 4) is 0 Å². The third-order valence-corrected chi connectivity index (χ3v) is 4.17. The summed E-state index contributed by atoms with van der Waals surface area (Å²) in [6.07, 6.45) is 5.86. The van der Waals surface area contributed by atoms with Gasteiger partial charge >= 0.3 is 5.69 Å². The van der Waals surface area contributed by atoms with Gasteiger partial charge in [-0.3, -0.25) is 14.3 Å². The molecule has 5 heteroatoms. The molecule has 0 bridgehead atoms. The highest BCUT2D eigenvalue weighted by atomic mass is 16.2. The summed E-state index contributed by atoms with van der Waals surface area (Å²) in [4.78, 5) is 27.2. The molecule has 2 N–H and O–H groups in total. The van der Waals surface area contributed by atoms with E-state index in [1.54, 1.807) is 0 Å². The second-order valence-corrected chi connectivity index (χ2v) is 5.88. The van der Waals surface area contributed by atoms with Crippen LogP contribution in [0, 0.1) is 0 Å². The number of rotatable bonds is 4. The first kappa shape index (κ1) is 14.6. The number of hydrogen-bond donors (Lipinski definition) is 2. The van der Waals surface area contributed by atoms with Crippen LogP contribution >= 0.6 is 0 Å². The lowest BCUT2D eigenvalue weighted by Gasteiger charge is -2.23. The lowest BCUT2D eigenvalue weighted by atomic mass is 9.95. The van der Waals surface area contributed by atoms with Crippen LogP contribution in [0.1, 0.15) is 37.7 Å². The number of benzene rings is 1. The summed E-state index contributed by atoms with van der Waals surface area (Å²) in [5.41, 5.74) is 0.295. The maximum Gasteiger partial charge on any atom is 0.330 e. The zero-order chi connectivity index (χ0) is 15.4. The van der Waals surface area contributed by atoms with Gasteiger partial charge in [-0.25, -0.2) is 4.79 Å². The van der Waals surface area contributed by atoms with E-state index in [0.29, 0.717) is 18.4 Å². The molecule has 5 nitrogen and oxygen atoms in total. The van der Waals surface area contributed by atoms with E-state index in [2.05, 4.69) is 10.3 Å². The maximum absolute atomic E-state index is 12.2. The van der Waals surface area contributed by atoms with E-state index in [1.807, 2.05) is 30.3 Å². The van der Waals surface area contributed by atoms with Crippen LogP contribution in [0.25, 0.3) is 0 Å². The average molecular weight is 299 g/mol. The highest BCUT2D eigenvalue weighted by molar-refractivity contribution is 5.33. The lowest BCUT2D eigenvalue weighted by molar-refractivity contribution is 0.461. The number of nitrogens with zero attached hydrogens (tertiary/aromatic N) is 1. The van der Waals surface area contributed by atoms with Crippen molar-refractivity contribution >= 4 is 5.82 Å². The Kier molecular flexibility index (Phi) is 4.42. The van der Waals surface area contributed by atoms with E-state index in [1.165, 1.54) is 29.9 Å². The Labute approximate surface area is 129 Å². The summed E-state index contributed by atoms with van der Waals surface area (Å²) in [6, 6.07) is 11.3. The third kappa shape index (κ3) is 3.47. The van der Waals surface area contributed by atoms with E-state index in [4.69, 9.17) is 0 Å². The Bertz CT molecular complexity index is 696. The van der Waals surface area contributed by atoms with Gasteiger partial charge < -0.3 is 5.32 Å². The molecule has 3 rings (SSSR count). The molecule has 0 radical (unpaired) electrons. The standard InChI is InChI=1S/C17H21N3O2/c21-16-11-15(18-14-9-5-2-6-10-14)19-17(22)20(16)12-13-7-3-1-4-8-13/h1,3-4,7-8,11,14,18H,2,5-6,9-10,12H2,(H,19,22). The molecular formula is C17H21N3O2. The van der Waals surface area contributed by atoms with E-state index < -0.39 is 0 Å². The fourth-order valence-corrected chi connectivity index (χ4v) is 2.98. The van der Waals surface area contributed by atoms with Crippen LogP contribution in [-0.2, 0) is 6.54 Å². The average Bonchev–Trinajstić information content (AvgIpc) is 2.53. The van der Waals surface area contributed by atoms with Gasteiger partial charge in [-0.05, 0) is 18.4 Å². The number of hydrogen-bond acceptors (Lipinski definition) is 3. The summed E-state index contributed by atoms with van der Waals surface area (Å²) in [5, 5.41) is 3.28. The molecule has 2 aromatic rings. The van der Waals surface area contributed by atoms with E-state index in [-0.39, 0.29) is 11.2 Å². The Hall–Kier alpha value is -2.30. The molecule has 1 aromatic carbocycles. The van der Waals surface area contributed by atoms with Crippen LogP contribution in [-0.4, -0.2) is 15.6 Å². The number of aromatic amines is 1. The fraction of sp³-hybridized carbons (Fsp3) is 0.412. The minimum Gasteiger partial charge on any atom is -0.369 e. The van der Waals surface area contributed by atoms with Crippen molar-refractivity contribution in [3.63, 3.8) is 0 Å². The van der Waals surface area contributed by atoms with Gasteiger partial charge in [0.05, 0.1) is 6.54 Å². The summed E-state index contributed by atoms with van der Waals surface area (Å²) in [7, 11) is 0. The van der Waals surface area contributed by atoms with Crippen molar-refractivity contribution in [3.05, 3.63) is 62.8 Å². The molecule has 0 atom stereocenters. The number of nitrogens with one attached hydrogen (secondary N) is 2. The molecule has 1 aliphatic rings. The lowest BCUT2D eigenvalue weighted by Crippen LogP contribution is -2.36. The van der Waals surface area contributed by atoms with Crippen LogP contribution < -0.4 is 16.6 Å². The fourth-order valence-electron chi connectivity index (χ4n) is 2.98. The summed E-state index contributed by atoms with van der Waals surface area (Å²) < 4.78 is 1.22.